The van der Waals surface area contributed by atoms with Gasteiger partial charge in [0, 0.05) is 32.3 Å². The largest absolute Gasteiger partial charge is 0.497 e. The first-order valence-corrected chi connectivity index (χ1v) is 9.01. The fraction of sp³-hybridized carbons (Fsp3) is 0.632. The van der Waals surface area contributed by atoms with E-state index >= 15 is 0 Å². The number of carbonyl (C=O) groups excluding carboxylic acids is 1. The van der Waals surface area contributed by atoms with Crippen molar-refractivity contribution in [2.24, 2.45) is 0 Å². The van der Waals surface area contributed by atoms with E-state index < -0.39 is 0 Å². The summed E-state index contributed by atoms with van der Waals surface area (Å²) in [7, 11) is 3.33. The second-order valence-corrected chi connectivity index (χ2v) is 6.77. The van der Waals surface area contributed by atoms with Crippen molar-refractivity contribution in [2.75, 3.05) is 47.0 Å². The molecule has 1 amide bonds. The Morgan fingerprint density at radius 1 is 1.20 bits per heavy atom. The number of carbonyl (C=O) groups is 1. The molecule has 2 aliphatic heterocycles. The molecule has 0 aromatic heterocycles. The number of hydrogen-bond donors (Lipinski definition) is 0. The molecule has 0 bridgehead atoms. The number of ether oxygens (including phenoxy) is 3. The molecule has 6 heteroatoms. The van der Waals surface area contributed by atoms with Gasteiger partial charge in [-0.2, -0.15) is 0 Å². The zero-order chi connectivity index (χ0) is 17.6. The molecular weight excluding hydrogens is 320 g/mol. The molecule has 1 aromatic rings. The summed E-state index contributed by atoms with van der Waals surface area (Å²) >= 11 is 0. The minimum absolute atomic E-state index is 0.0200. The smallest absolute Gasteiger partial charge is 0.260 e. The monoisotopic (exact) mass is 348 g/mol. The van der Waals surface area contributed by atoms with Gasteiger partial charge in [0.15, 0.2) is 6.61 Å². The summed E-state index contributed by atoms with van der Waals surface area (Å²) in [5.74, 6) is 1.38. The van der Waals surface area contributed by atoms with Crippen LogP contribution in [-0.4, -0.2) is 74.9 Å². The fourth-order valence-corrected chi connectivity index (χ4v) is 3.71. The standard InChI is InChI=1S/C19H28N2O4/c1-23-16-6-5-7-17(11-16)25-14-19(22)21-13-18(24-2)10-15(21)12-20-8-3-4-9-20/h5-7,11,15,18H,3-4,8-10,12-14H2,1-2H3/t15-,18-/m0/s1. The first-order chi connectivity index (χ1) is 12.2. The van der Waals surface area contributed by atoms with Gasteiger partial charge in [-0.1, -0.05) is 6.07 Å². The lowest BCUT2D eigenvalue weighted by atomic mass is 10.2. The van der Waals surface area contributed by atoms with Crippen molar-refractivity contribution in [3.8, 4) is 11.5 Å². The van der Waals surface area contributed by atoms with Gasteiger partial charge < -0.3 is 24.0 Å². The van der Waals surface area contributed by atoms with E-state index in [1.165, 1.54) is 12.8 Å². The number of methoxy groups -OCH3 is 2. The molecule has 3 rings (SSSR count). The van der Waals surface area contributed by atoms with Gasteiger partial charge >= 0.3 is 0 Å². The van der Waals surface area contributed by atoms with E-state index in [0.717, 1.165) is 31.8 Å². The number of rotatable bonds is 7. The second-order valence-electron chi connectivity index (χ2n) is 6.77. The van der Waals surface area contributed by atoms with Crippen molar-refractivity contribution in [3.05, 3.63) is 24.3 Å². The van der Waals surface area contributed by atoms with E-state index in [-0.39, 0.29) is 24.7 Å². The van der Waals surface area contributed by atoms with E-state index in [0.29, 0.717) is 12.3 Å². The summed E-state index contributed by atoms with van der Waals surface area (Å²) in [6.07, 6.45) is 3.53. The molecule has 0 spiro atoms. The molecule has 25 heavy (non-hydrogen) atoms. The average molecular weight is 348 g/mol. The summed E-state index contributed by atoms with van der Waals surface area (Å²) in [5, 5.41) is 0. The van der Waals surface area contributed by atoms with Crippen LogP contribution in [0.2, 0.25) is 0 Å². The molecule has 1 aromatic carbocycles. The molecule has 138 valence electrons. The third-order valence-corrected chi connectivity index (χ3v) is 5.10. The van der Waals surface area contributed by atoms with Crippen molar-refractivity contribution in [1.82, 2.24) is 9.80 Å². The molecule has 0 aliphatic carbocycles. The molecule has 0 unspecified atom stereocenters. The van der Waals surface area contributed by atoms with Gasteiger partial charge in [-0.25, -0.2) is 0 Å². The molecule has 0 radical (unpaired) electrons. The van der Waals surface area contributed by atoms with Crippen LogP contribution in [0.1, 0.15) is 19.3 Å². The van der Waals surface area contributed by atoms with Crippen LogP contribution in [0.4, 0.5) is 0 Å². The molecule has 2 atom stereocenters. The van der Waals surface area contributed by atoms with E-state index in [2.05, 4.69) is 4.90 Å². The summed E-state index contributed by atoms with van der Waals surface area (Å²) in [6.45, 7) is 3.90. The van der Waals surface area contributed by atoms with E-state index in [1.54, 1.807) is 20.3 Å². The zero-order valence-corrected chi connectivity index (χ0v) is 15.1. The highest BCUT2D eigenvalue weighted by molar-refractivity contribution is 5.78. The Bertz CT molecular complexity index is 574. The van der Waals surface area contributed by atoms with Crippen LogP contribution in [0, 0.1) is 0 Å². The summed E-state index contributed by atoms with van der Waals surface area (Å²) in [4.78, 5) is 17.1. The third kappa shape index (κ3) is 4.64. The van der Waals surface area contributed by atoms with Crippen molar-refractivity contribution in [1.29, 1.82) is 0 Å². The molecule has 2 saturated heterocycles. The lowest BCUT2D eigenvalue weighted by Crippen LogP contribution is -2.44. The van der Waals surface area contributed by atoms with Crippen LogP contribution in [0.15, 0.2) is 24.3 Å². The second kappa shape index (κ2) is 8.54. The SMILES string of the molecule is COc1cccc(OCC(=O)N2C[C@@H](OC)C[C@H]2CN2CCCC2)c1. The highest BCUT2D eigenvalue weighted by Crippen LogP contribution is 2.24. The van der Waals surface area contributed by atoms with Crippen LogP contribution < -0.4 is 9.47 Å². The highest BCUT2D eigenvalue weighted by atomic mass is 16.5. The molecular formula is C19H28N2O4. The first kappa shape index (κ1) is 18.0. The van der Waals surface area contributed by atoms with Crippen LogP contribution in [-0.2, 0) is 9.53 Å². The van der Waals surface area contributed by atoms with Gasteiger partial charge in [-0.3, -0.25) is 4.79 Å². The Kier molecular flexibility index (Phi) is 6.15. The lowest BCUT2D eigenvalue weighted by molar-refractivity contribution is -0.134. The number of nitrogens with zero attached hydrogens (tertiary/aromatic N) is 2. The fourth-order valence-electron chi connectivity index (χ4n) is 3.71. The molecule has 2 heterocycles. The van der Waals surface area contributed by atoms with Crippen molar-refractivity contribution in [3.63, 3.8) is 0 Å². The highest BCUT2D eigenvalue weighted by Gasteiger charge is 2.36. The Morgan fingerprint density at radius 3 is 2.68 bits per heavy atom. The number of likely N-dealkylation sites (tertiary alicyclic amines) is 2. The van der Waals surface area contributed by atoms with E-state index in [4.69, 9.17) is 14.2 Å². The van der Waals surface area contributed by atoms with Gasteiger partial charge in [0.2, 0.25) is 0 Å². The summed E-state index contributed by atoms with van der Waals surface area (Å²) < 4.78 is 16.4. The normalized spacial score (nSPS) is 23.8. The first-order valence-electron chi connectivity index (χ1n) is 9.01. The lowest BCUT2D eigenvalue weighted by Gasteiger charge is -2.28. The molecule has 0 saturated carbocycles. The van der Waals surface area contributed by atoms with Crippen molar-refractivity contribution in [2.45, 2.75) is 31.4 Å². The van der Waals surface area contributed by atoms with Crippen LogP contribution in [0.3, 0.4) is 0 Å². The van der Waals surface area contributed by atoms with Gasteiger partial charge in [-0.15, -0.1) is 0 Å². The number of hydrogen-bond acceptors (Lipinski definition) is 5. The quantitative estimate of drug-likeness (QED) is 0.752. The van der Waals surface area contributed by atoms with Crippen LogP contribution in [0.5, 0.6) is 11.5 Å². The van der Waals surface area contributed by atoms with Crippen molar-refractivity contribution < 1.29 is 19.0 Å². The molecule has 2 fully saturated rings. The van der Waals surface area contributed by atoms with Crippen molar-refractivity contribution >= 4 is 5.91 Å². The zero-order valence-electron chi connectivity index (χ0n) is 15.1. The topological polar surface area (TPSA) is 51.2 Å². The summed E-state index contributed by atoms with van der Waals surface area (Å²) in [5.41, 5.74) is 0. The molecule has 2 aliphatic rings. The van der Waals surface area contributed by atoms with Gasteiger partial charge in [0.05, 0.1) is 13.2 Å². The third-order valence-electron chi connectivity index (χ3n) is 5.10. The maximum atomic E-state index is 12.7. The molecule has 6 nitrogen and oxygen atoms in total. The van der Waals surface area contributed by atoms with Crippen LogP contribution >= 0.6 is 0 Å². The van der Waals surface area contributed by atoms with Gasteiger partial charge in [-0.05, 0) is 44.5 Å². The van der Waals surface area contributed by atoms with Gasteiger partial charge in [0.1, 0.15) is 11.5 Å². The average Bonchev–Trinajstić information content (AvgIpc) is 3.30. The predicted octanol–water partition coefficient (Wildman–Crippen LogP) is 1.79. The predicted molar refractivity (Wildman–Crippen MR) is 95.1 cm³/mol. The Hall–Kier alpha value is -1.79. The Labute approximate surface area is 149 Å². The number of benzene rings is 1. The Morgan fingerprint density at radius 2 is 1.96 bits per heavy atom. The minimum Gasteiger partial charge on any atom is -0.497 e. The Balaban J connectivity index is 1.57. The number of amides is 1. The van der Waals surface area contributed by atoms with E-state index in [1.807, 2.05) is 23.1 Å². The maximum absolute atomic E-state index is 12.7. The minimum atomic E-state index is 0.0200. The van der Waals surface area contributed by atoms with E-state index in [9.17, 15) is 4.79 Å². The van der Waals surface area contributed by atoms with Gasteiger partial charge in [0.25, 0.3) is 5.91 Å². The summed E-state index contributed by atoms with van der Waals surface area (Å²) in [6, 6.07) is 7.54. The van der Waals surface area contributed by atoms with Crippen LogP contribution in [0.25, 0.3) is 0 Å². The molecule has 0 N–H and O–H groups in total. The maximum Gasteiger partial charge on any atom is 0.260 e.